The molecule has 0 spiro atoms. The maximum atomic E-state index is 12.2. The molecule has 0 aliphatic heterocycles. The van der Waals surface area contributed by atoms with Crippen LogP contribution in [0.1, 0.15) is 35.3 Å². The molecule has 0 fully saturated rings. The lowest BCUT2D eigenvalue weighted by atomic mass is 10.1. The van der Waals surface area contributed by atoms with Gasteiger partial charge in [0.25, 0.3) is 5.91 Å². The molecule has 1 aromatic carbocycles. The Bertz CT molecular complexity index is 795. The van der Waals surface area contributed by atoms with Gasteiger partial charge in [0, 0.05) is 23.6 Å². The highest BCUT2D eigenvalue weighted by Crippen LogP contribution is 2.16. The van der Waals surface area contributed by atoms with Gasteiger partial charge in [-0.2, -0.15) is 0 Å². The van der Waals surface area contributed by atoms with Crippen LogP contribution in [0.4, 0.5) is 5.69 Å². The second-order valence-electron chi connectivity index (χ2n) is 5.72. The largest absolute Gasteiger partial charge is 0.466 e. The molecule has 2 aromatic rings. The molecule has 8 heteroatoms. The van der Waals surface area contributed by atoms with Crippen LogP contribution in [0.3, 0.4) is 0 Å². The number of nitrogens with one attached hydrogen (secondary N) is 2. The Morgan fingerprint density at radius 2 is 2.04 bits per heavy atom. The van der Waals surface area contributed by atoms with Crippen molar-refractivity contribution in [2.24, 2.45) is 0 Å². The molecule has 1 atom stereocenters. The number of amides is 2. The molecule has 0 aliphatic carbocycles. The monoisotopic (exact) mass is 370 g/mol. The van der Waals surface area contributed by atoms with Gasteiger partial charge in [0.05, 0.1) is 25.6 Å². The number of esters is 1. The number of hydrogen-bond donors (Lipinski definition) is 3. The Kier molecular flexibility index (Phi) is 7.30. The van der Waals surface area contributed by atoms with Crippen molar-refractivity contribution in [2.75, 3.05) is 18.9 Å². The Morgan fingerprint density at radius 1 is 1.22 bits per heavy atom. The predicted molar refractivity (Wildman–Crippen MR) is 99.6 cm³/mol. The van der Waals surface area contributed by atoms with Crippen molar-refractivity contribution >= 4 is 23.5 Å². The van der Waals surface area contributed by atoms with E-state index in [4.69, 9.17) is 10.5 Å². The highest BCUT2D eigenvalue weighted by Gasteiger charge is 2.20. The topological polar surface area (TPSA) is 123 Å². The summed E-state index contributed by atoms with van der Waals surface area (Å²) in [7, 11) is 0. The van der Waals surface area contributed by atoms with Gasteiger partial charge in [-0.25, -0.2) is 0 Å². The van der Waals surface area contributed by atoms with E-state index in [1.54, 1.807) is 49.6 Å². The summed E-state index contributed by atoms with van der Waals surface area (Å²) in [6.45, 7) is 1.72. The average molecular weight is 370 g/mol. The minimum Gasteiger partial charge on any atom is -0.466 e. The molecule has 8 nitrogen and oxygen atoms in total. The third-order valence-corrected chi connectivity index (χ3v) is 3.66. The van der Waals surface area contributed by atoms with Gasteiger partial charge in [-0.05, 0) is 36.8 Å². The molecule has 0 bridgehead atoms. The van der Waals surface area contributed by atoms with E-state index >= 15 is 0 Å². The fourth-order valence-electron chi connectivity index (χ4n) is 2.41. The van der Waals surface area contributed by atoms with E-state index in [9.17, 15) is 14.4 Å². The summed E-state index contributed by atoms with van der Waals surface area (Å²) < 4.78 is 4.95. The van der Waals surface area contributed by atoms with Crippen LogP contribution in [0.25, 0.3) is 0 Å². The number of benzene rings is 1. The quantitative estimate of drug-likeness (QED) is 0.474. The van der Waals surface area contributed by atoms with E-state index in [1.807, 2.05) is 0 Å². The van der Waals surface area contributed by atoms with Crippen LogP contribution >= 0.6 is 0 Å². The molecule has 1 aromatic heterocycles. The normalized spacial score (nSPS) is 11.3. The third-order valence-electron chi connectivity index (χ3n) is 3.66. The van der Waals surface area contributed by atoms with Crippen molar-refractivity contribution in [3.05, 3.63) is 59.9 Å². The number of carbonyl (C=O) groups is 3. The molecule has 2 amide bonds. The molecule has 2 rings (SSSR count). The SMILES string of the molecule is CCOC(=O)CC(NC(=O)CNC(=O)c1cccc(N)c1)c1cccnc1. The van der Waals surface area contributed by atoms with E-state index in [-0.39, 0.29) is 19.6 Å². The first kappa shape index (κ1) is 19.9. The van der Waals surface area contributed by atoms with E-state index in [2.05, 4.69) is 15.6 Å². The van der Waals surface area contributed by atoms with Crippen LogP contribution in [0.5, 0.6) is 0 Å². The van der Waals surface area contributed by atoms with E-state index < -0.39 is 23.8 Å². The lowest BCUT2D eigenvalue weighted by molar-refractivity contribution is -0.143. The molecule has 1 heterocycles. The van der Waals surface area contributed by atoms with Gasteiger partial charge in [0.1, 0.15) is 0 Å². The van der Waals surface area contributed by atoms with Crippen LogP contribution < -0.4 is 16.4 Å². The number of hydrogen-bond acceptors (Lipinski definition) is 6. The Labute approximate surface area is 157 Å². The summed E-state index contributed by atoms with van der Waals surface area (Å²) in [4.78, 5) is 40.2. The first-order valence-electron chi connectivity index (χ1n) is 8.48. The molecule has 27 heavy (non-hydrogen) atoms. The fraction of sp³-hybridized carbons (Fsp3) is 0.263. The predicted octanol–water partition coefficient (Wildman–Crippen LogP) is 1.20. The second-order valence-corrected chi connectivity index (χ2v) is 5.72. The molecule has 0 aliphatic rings. The number of ether oxygens (including phenoxy) is 1. The smallest absolute Gasteiger partial charge is 0.308 e. The number of carbonyl (C=O) groups excluding carboxylic acids is 3. The summed E-state index contributed by atoms with van der Waals surface area (Å²) >= 11 is 0. The summed E-state index contributed by atoms with van der Waals surface area (Å²) in [5.41, 5.74) is 7.13. The molecule has 0 saturated carbocycles. The summed E-state index contributed by atoms with van der Waals surface area (Å²) in [5, 5.41) is 5.24. The van der Waals surface area contributed by atoms with Gasteiger partial charge in [0.2, 0.25) is 5.91 Å². The number of aromatic nitrogens is 1. The van der Waals surface area contributed by atoms with Crippen molar-refractivity contribution in [1.29, 1.82) is 0 Å². The molecule has 4 N–H and O–H groups in total. The maximum Gasteiger partial charge on any atom is 0.308 e. The van der Waals surface area contributed by atoms with Crippen LogP contribution in [0.15, 0.2) is 48.8 Å². The molecule has 142 valence electrons. The van der Waals surface area contributed by atoms with Crippen molar-refractivity contribution in [3.8, 4) is 0 Å². The number of pyridine rings is 1. The minimum atomic E-state index is -0.602. The first-order chi connectivity index (χ1) is 13.0. The Balaban J connectivity index is 1.96. The highest BCUT2D eigenvalue weighted by molar-refractivity contribution is 5.97. The highest BCUT2D eigenvalue weighted by atomic mass is 16.5. The van der Waals surface area contributed by atoms with Crippen LogP contribution in [-0.4, -0.2) is 35.9 Å². The van der Waals surface area contributed by atoms with Crippen molar-refractivity contribution in [2.45, 2.75) is 19.4 Å². The van der Waals surface area contributed by atoms with E-state index in [1.165, 1.54) is 6.07 Å². The molecule has 0 radical (unpaired) electrons. The summed E-state index contributed by atoms with van der Waals surface area (Å²) in [5.74, 6) is -1.29. The van der Waals surface area contributed by atoms with E-state index in [0.717, 1.165) is 0 Å². The zero-order valence-electron chi connectivity index (χ0n) is 15.0. The molecular weight excluding hydrogens is 348 g/mol. The molecular formula is C19H22N4O4. The molecule has 1 unspecified atom stereocenters. The van der Waals surface area contributed by atoms with Crippen molar-refractivity contribution in [3.63, 3.8) is 0 Å². The number of nitrogens with two attached hydrogens (primary N) is 1. The molecule has 0 saturated heterocycles. The van der Waals surface area contributed by atoms with Gasteiger partial charge in [-0.3, -0.25) is 19.4 Å². The number of rotatable bonds is 8. The standard InChI is InChI=1S/C19H22N4O4/c1-2-27-18(25)10-16(14-6-4-8-21-11-14)23-17(24)12-22-19(26)13-5-3-7-15(20)9-13/h3-9,11,16H,2,10,12,20H2,1H3,(H,22,26)(H,23,24). The van der Waals surface area contributed by atoms with Gasteiger partial charge in [-0.1, -0.05) is 12.1 Å². The fourth-order valence-corrected chi connectivity index (χ4v) is 2.41. The summed E-state index contributed by atoms with van der Waals surface area (Å²) in [6, 6.07) is 9.30. The van der Waals surface area contributed by atoms with Crippen LogP contribution in [0, 0.1) is 0 Å². The number of nitrogens with zero attached hydrogens (tertiary/aromatic N) is 1. The first-order valence-corrected chi connectivity index (χ1v) is 8.48. The Morgan fingerprint density at radius 3 is 2.70 bits per heavy atom. The average Bonchev–Trinajstić information content (AvgIpc) is 2.66. The third kappa shape index (κ3) is 6.43. The second kappa shape index (κ2) is 9.91. The number of nitrogen functional groups attached to an aromatic ring is 1. The van der Waals surface area contributed by atoms with Crippen LogP contribution in [0.2, 0.25) is 0 Å². The van der Waals surface area contributed by atoms with Gasteiger partial charge in [0.15, 0.2) is 0 Å². The maximum absolute atomic E-state index is 12.2. The van der Waals surface area contributed by atoms with Crippen molar-refractivity contribution < 1.29 is 19.1 Å². The minimum absolute atomic E-state index is 0.0333. The van der Waals surface area contributed by atoms with Crippen molar-refractivity contribution in [1.82, 2.24) is 15.6 Å². The van der Waals surface area contributed by atoms with Crippen LogP contribution in [-0.2, 0) is 14.3 Å². The Hall–Kier alpha value is -3.42. The van der Waals surface area contributed by atoms with Gasteiger partial charge >= 0.3 is 5.97 Å². The summed E-state index contributed by atoms with van der Waals surface area (Å²) in [6.07, 6.45) is 3.13. The van der Waals surface area contributed by atoms with E-state index in [0.29, 0.717) is 16.8 Å². The number of anilines is 1. The van der Waals surface area contributed by atoms with Gasteiger partial charge in [-0.15, -0.1) is 0 Å². The zero-order chi connectivity index (χ0) is 19.6. The van der Waals surface area contributed by atoms with Gasteiger partial charge < -0.3 is 21.1 Å². The lowest BCUT2D eigenvalue weighted by Gasteiger charge is -2.18. The zero-order valence-corrected chi connectivity index (χ0v) is 15.0. The lowest BCUT2D eigenvalue weighted by Crippen LogP contribution is -2.39.